The smallest absolute Gasteiger partial charge is 0.303 e. The van der Waals surface area contributed by atoms with Gasteiger partial charge in [0.25, 0.3) is 0 Å². The summed E-state index contributed by atoms with van der Waals surface area (Å²) < 4.78 is 0. The van der Waals surface area contributed by atoms with Crippen molar-refractivity contribution in [2.24, 2.45) is 0 Å². The van der Waals surface area contributed by atoms with E-state index < -0.39 is 5.97 Å². The molecule has 0 saturated heterocycles. The molecule has 176 valence electrons. The third kappa shape index (κ3) is 6.57. The van der Waals surface area contributed by atoms with Crippen molar-refractivity contribution in [1.82, 2.24) is 15.0 Å². The predicted molar refractivity (Wildman–Crippen MR) is 137 cm³/mol. The first-order chi connectivity index (χ1) is 16.7. The Kier molecular flexibility index (Phi) is 8.11. The Hall–Kier alpha value is -3.87. The number of H-pyrrole nitrogens is 1. The number of nitrogens with one attached hydrogen (secondary N) is 3. The average molecular weight is 458 g/mol. The third-order valence-electron chi connectivity index (χ3n) is 5.82. The van der Waals surface area contributed by atoms with E-state index in [1.807, 2.05) is 6.07 Å². The number of hydrogen-bond acceptors (Lipinski definition) is 5. The van der Waals surface area contributed by atoms with E-state index in [1.54, 1.807) is 6.33 Å². The summed E-state index contributed by atoms with van der Waals surface area (Å²) in [6.45, 7) is 1.68. The summed E-state index contributed by atoms with van der Waals surface area (Å²) in [5.74, 6) is 0.126. The molecule has 2 heterocycles. The molecule has 4 N–H and O–H groups in total. The molecule has 0 aliphatic carbocycles. The lowest BCUT2D eigenvalue weighted by Gasteiger charge is -2.07. The molecule has 2 aromatic heterocycles. The minimum Gasteiger partial charge on any atom is -0.481 e. The van der Waals surface area contributed by atoms with E-state index >= 15 is 0 Å². The average Bonchev–Trinajstić information content (AvgIpc) is 3.30. The van der Waals surface area contributed by atoms with Crippen LogP contribution in [0.4, 0.5) is 11.5 Å². The van der Waals surface area contributed by atoms with E-state index in [0.717, 1.165) is 79.0 Å². The van der Waals surface area contributed by atoms with Crippen LogP contribution in [0.3, 0.4) is 0 Å². The highest BCUT2D eigenvalue weighted by Crippen LogP contribution is 2.27. The van der Waals surface area contributed by atoms with Crippen molar-refractivity contribution in [1.29, 1.82) is 0 Å². The Morgan fingerprint density at radius 2 is 1.68 bits per heavy atom. The molecule has 0 atom stereocenters. The second-order valence-corrected chi connectivity index (χ2v) is 8.39. The number of benzene rings is 2. The van der Waals surface area contributed by atoms with Crippen LogP contribution in [0.25, 0.3) is 22.3 Å². The van der Waals surface area contributed by atoms with Crippen molar-refractivity contribution in [2.75, 3.05) is 23.7 Å². The molecule has 7 heteroatoms. The summed E-state index contributed by atoms with van der Waals surface area (Å²) in [7, 11) is 0. The van der Waals surface area contributed by atoms with Crippen LogP contribution in [-0.4, -0.2) is 39.1 Å². The topological polar surface area (TPSA) is 103 Å². The van der Waals surface area contributed by atoms with E-state index in [9.17, 15) is 4.79 Å². The fraction of sp³-hybridized carbons (Fsp3) is 0.296. The van der Waals surface area contributed by atoms with Crippen LogP contribution >= 0.6 is 0 Å². The van der Waals surface area contributed by atoms with Gasteiger partial charge in [-0.15, -0.1) is 0 Å². The molecule has 0 radical (unpaired) electrons. The Balaban J connectivity index is 1.31. The van der Waals surface area contributed by atoms with Gasteiger partial charge in [-0.1, -0.05) is 55.3 Å². The van der Waals surface area contributed by atoms with Crippen LogP contribution in [0, 0.1) is 0 Å². The van der Waals surface area contributed by atoms with Gasteiger partial charge in [0.15, 0.2) is 0 Å². The molecule has 7 nitrogen and oxygen atoms in total. The fourth-order valence-electron chi connectivity index (χ4n) is 3.96. The first-order valence-corrected chi connectivity index (χ1v) is 11.9. The number of aromatic amines is 1. The summed E-state index contributed by atoms with van der Waals surface area (Å²) in [6, 6.07) is 20.9. The van der Waals surface area contributed by atoms with Gasteiger partial charge in [0.2, 0.25) is 0 Å². The molecule has 4 aromatic rings. The molecule has 0 unspecified atom stereocenters. The summed E-state index contributed by atoms with van der Waals surface area (Å²) in [5.41, 5.74) is 5.28. The quantitative estimate of drug-likeness (QED) is 0.191. The van der Waals surface area contributed by atoms with E-state index in [4.69, 9.17) is 5.11 Å². The third-order valence-corrected chi connectivity index (χ3v) is 5.82. The van der Waals surface area contributed by atoms with E-state index in [-0.39, 0.29) is 6.42 Å². The first kappa shape index (κ1) is 23.3. The van der Waals surface area contributed by atoms with Crippen molar-refractivity contribution in [3.8, 4) is 11.3 Å². The molecule has 0 amide bonds. The maximum absolute atomic E-state index is 10.5. The zero-order chi connectivity index (χ0) is 23.6. The molecule has 0 fully saturated rings. The van der Waals surface area contributed by atoms with Crippen LogP contribution in [0.2, 0.25) is 0 Å². The Labute approximate surface area is 199 Å². The van der Waals surface area contributed by atoms with Crippen molar-refractivity contribution in [3.63, 3.8) is 0 Å². The van der Waals surface area contributed by atoms with Crippen molar-refractivity contribution >= 4 is 28.5 Å². The van der Waals surface area contributed by atoms with E-state index in [0.29, 0.717) is 0 Å². The van der Waals surface area contributed by atoms with Gasteiger partial charge in [-0.25, -0.2) is 9.97 Å². The molecule has 0 saturated carbocycles. The standard InChI is InChI=1S/C27H31N5O2/c33-25(34)10-6-1-2-7-16-28-22-13-11-21(12-14-22)24-18-23-26(30-19-31-27(23)32-24)29-17-15-20-8-4-3-5-9-20/h3-5,8-9,11-14,18-19,28H,1-2,6-7,10,15-17H2,(H,33,34)(H2,29,30,31,32). The van der Waals surface area contributed by atoms with Gasteiger partial charge in [0.1, 0.15) is 17.8 Å². The monoisotopic (exact) mass is 457 g/mol. The van der Waals surface area contributed by atoms with Crippen LogP contribution in [0.1, 0.15) is 37.7 Å². The number of rotatable bonds is 13. The number of aromatic nitrogens is 3. The molecular formula is C27H31N5O2. The number of aliphatic carboxylic acids is 1. The minimum absolute atomic E-state index is 0.263. The van der Waals surface area contributed by atoms with Gasteiger partial charge in [-0.05, 0) is 48.6 Å². The Morgan fingerprint density at radius 1 is 0.882 bits per heavy atom. The normalized spacial score (nSPS) is 10.9. The van der Waals surface area contributed by atoms with Gasteiger partial charge in [0, 0.05) is 30.9 Å². The highest BCUT2D eigenvalue weighted by Gasteiger charge is 2.09. The Morgan fingerprint density at radius 3 is 2.47 bits per heavy atom. The second kappa shape index (κ2) is 11.8. The lowest BCUT2D eigenvalue weighted by atomic mass is 10.1. The number of nitrogens with zero attached hydrogens (tertiary/aromatic N) is 2. The number of unbranched alkanes of at least 4 members (excludes halogenated alkanes) is 3. The molecule has 4 rings (SSSR count). The lowest BCUT2D eigenvalue weighted by Crippen LogP contribution is -2.06. The van der Waals surface area contributed by atoms with Crippen molar-refractivity contribution in [3.05, 3.63) is 72.6 Å². The highest BCUT2D eigenvalue weighted by molar-refractivity contribution is 5.91. The van der Waals surface area contributed by atoms with E-state index in [1.165, 1.54) is 5.56 Å². The second-order valence-electron chi connectivity index (χ2n) is 8.39. The minimum atomic E-state index is -0.712. The molecule has 0 spiro atoms. The van der Waals surface area contributed by atoms with Crippen LogP contribution in [0.15, 0.2) is 67.0 Å². The zero-order valence-electron chi connectivity index (χ0n) is 19.3. The predicted octanol–water partition coefficient (Wildman–Crippen LogP) is 5.73. The van der Waals surface area contributed by atoms with E-state index in [2.05, 4.69) is 80.2 Å². The summed E-state index contributed by atoms with van der Waals surface area (Å²) in [5, 5.41) is 16.5. The molecule has 0 bridgehead atoms. The molecule has 0 aliphatic rings. The van der Waals surface area contributed by atoms with Gasteiger partial charge in [-0.3, -0.25) is 4.79 Å². The fourth-order valence-corrected chi connectivity index (χ4v) is 3.96. The molecular weight excluding hydrogens is 426 g/mol. The first-order valence-electron chi connectivity index (χ1n) is 11.9. The maximum atomic E-state index is 10.5. The summed E-state index contributed by atoms with van der Waals surface area (Å²) >= 11 is 0. The Bertz CT molecular complexity index is 1190. The SMILES string of the molecule is O=C(O)CCCCCCNc1ccc(-c2cc3c(NCCc4ccccc4)ncnc3[nH]2)cc1. The zero-order valence-corrected chi connectivity index (χ0v) is 19.3. The van der Waals surface area contributed by atoms with Gasteiger partial charge in [-0.2, -0.15) is 0 Å². The van der Waals surface area contributed by atoms with Crippen LogP contribution in [-0.2, 0) is 11.2 Å². The number of carboxylic acids is 1. The van der Waals surface area contributed by atoms with Gasteiger partial charge >= 0.3 is 5.97 Å². The number of anilines is 2. The van der Waals surface area contributed by atoms with Crippen LogP contribution < -0.4 is 10.6 Å². The maximum Gasteiger partial charge on any atom is 0.303 e. The number of hydrogen-bond donors (Lipinski definition) is 4. The van der Waals surface area contributed by atoms with Gasteiger partial charge < -0.3 is 20.7 Å². The van der Waals surface area contributed by atoms with Gasteiger partial charge in [0.05, 0.1) is 5.39 Å². The molecule has 34 heavy (non-hydrogen) atoms. The molecule has 0 aliphatic heterocycles. The number of fused-ring (bicyclic) bond motifs is 1. The summed E-state index contributed by atoms with van der Waals surface area (Å²) in [4.78, 5) is 22.8. The summed E-state index contributed by atoms with van der Waals surface area (Å²) in [6.07, 6.45) is 6.56. The molecule has 2 aromatic carbocycles. The highest BCUT2D eigenvalue weighted by atomic mass is 16.4. The van der Waals surface area contributed by atoms with Crippen molar-refractivity contribution in [2.45, 2.75) is 38.5 Å². The van der Waals surface area contributed by atoms with Crippen LogP contribution in [0.5, 0.6) is 0 Å². The number of carbonyl (C=O) groups is 1. The number of carboxylic acid groups (broad SMARTS) is 1. The van der Waals surface area contributed by atoms with Crippen molar-refractivity contribution < 1.29 is 9.90 Å². The lowest BCUT2D eigenvalue weighted by molar-refractivity contribution is -0.137. The largest absolute Gasteiger partial charge is 0.481 e.